The maximum Gasteiger partial charge on any atom is 0.263 e. The van der Waals surface area contributed by atoms with Crippen molar-refractivity contribution in [2.45, 2.75) is 25.3 Å². The zero-order valence-corrected chi connectivity index (χ0v) is 13.9. The Balaban J connectivity index is 1.63. The van der Waals surface area contributed by atoms with Gasteiger partial charge in [-0.15, -0.1) is 0 Å². The van der Waals surface area contributed by atoms with Gasteiger partial charge in [-0.3, -0.25) is 9.59 Å². The van der Waals surface area contributed by atoms with Crippen LogP contribution in [0.1, 0.15) is 34.9 Å². The van der Waals surface area contributed by atoms with Gasteiger partial charge >= 0.3 is 0 Å². The van der Waals surface area contributed by atoms with Crippen LogP contribution in [0.4, 0.5) is 0 Å². The third-order valence-electron chi connectivity index (χ3n) is 4.12. The Bertz CT molecular complexity index is 1000. The van der Waals surface area contributed by atoms with Crippen LogP contribution in [-0.4, -0.2) is 20.5 Å². The van der Waals surface area contributed by atoms with Crippen molar-refractivity contribution in [3.8, 4) is 11.5 Å². The minimum atomic E-state index is -0.353. The molecule has 0 radical (unpaired) electrons. The van der Waals surface area contributed by atoms with Gasteiger partial charge in [-0.1, -0.05) is 28.9 Å². The van der Waals surface area contributed by atoms with Crippen molar-refractivity contribution in [3.63, 3.8) is 0 Å². The number of carbonyl (C=O) groups is 1. The number of carbonyl (C=O) groups excluding carboxylic acids is 1. The number of nitrogens with zero attached hydrogens (tertiary/aromatic N) is 3. The Morgan fingerprint density at radius 2 is 2.04 bits per heavy atom. The standard InChI is InChI=1S/C18H14ClN3O3/c19-14-6-2-1-4-12(14)15(23)10-22-9-3-5-13(18(22)24)17-20-16(21-25-17)11-7-8-11/h1-6,9,11H,7-8,10H2. The van der Waals surface area contributed by atoms with E-state index < -0.39 is 0 Å². The molecular formula is C18H14ClN3O3. The van der Waals surface area contributed by atoms with E-state index in [0.717, 1.165) is 12.8 Å². The fourth-order valence-electron chi connectivity index (χ4n) is 2.60. The smallest absolute Gasteiger partial charge is 0.263 e. The zero-order chi connectivity index (χ0) is 17.4. The molecule has 2 aromatic heterocycles. The third kappa shape index (κ3) is 3.13. The van der Waals surface area contributed by atoms with Gasteiger partial charge in [0, 0.05) is 17.7 Å². The molecule has 1 aromatic carbocycles. The maximum absolute atomic E-state index is 12.7. The van der Waals surface area contributed by atoms with Crippen molar-refractivity contribution < 1.29 is 9.32 Å². The van der Waals surface area contributed by atoms with Gasteiger partial charge in [0.2, 0.25) is 0 Å². The molecule has 6 nitrogen and oxygen atoms in total. The summed E-state index contributed by atoms with van der Waals surface area (Å²) in [5, 5.41) is 4.29. The van der Waals surface area contributed by atoms with Gasteiger partial charge in [0.15, 0.2) is 11.6 Å². The van der Waals surface area contributed by atoms with E-state index in [4.69, 9.17) is 16.1 Å². The molecule has 1 saturated carbocycles. The van der Waals surface area contributed by atoms with Gasteiger partial charge in [0.25, 0.3) is 11.4 Å². The molecule has 1 aliphatic carbocycles. The van der Waals surface area contributed by atoms with Crippen LogP contribution in [0.5, 0.6) is 0 Å². The van der Waals surface area contributed by atoms with Crippen LogP contribution in [0.15, 0.2) is 51.9 Å². The summed E-state index contributed by atoms with van der Waals surface area (Å²) in [6.45, 7) is -0.111. The SMILES string of the molecule is O=C(Cn1cccc(-c2nc(C3CC3)no2)c1=O)c1ccccc1Cl. The highest BCUT2D eigenvalue weighted by molar-refractivity contribution is 6.33. The van der Waals surface area contributed by atoms with E-state index in [0.29, 0.717) is 22.3 Å². The van der Waals surface area contributed by atoms with Crippen molar-refractivity contribution in [2.75, 3.05) is 0 Å². The summed E-state index contributed by atoms with van der Waals surface area (Å²) in [6.07, 6.45) is 3.65. The number of hydrogen-bond acceptors (Lipinski definition) is 5. The number of aromatic nitrogens is 3. The number of hydrogen-bond donors (Lipinski definition) is 0. The quantitative estimate of drug-likeness (QED) is 0.656. The minimum Gasteiger partial charge on any atom is -0.334 e. The largest absolute Gasteiger partial charge is 0.334 e. The molecule has 25 heavy (non-hydrogen) atoms. The highest BCUT2D eigenvalue weighted by Gasteiger charge is 2.29. The molecule has 1 aliphatic rings. The normalized spacial score (nSPS) is 13.8. The average Bonchev–Trinajstić information content (AvgIpc) is 3.35. The summed E-state index contributed by atoms with van der Waals surface area (Å²) < 4.78 is 6.54. The molecule has 126 valence electrons. The summed E-state index contributed by atoms with van der Waals surface area (Å²) in [6, 6.07) is 10.1. The number of halogens is 1. The molecule has 3 aromatic rings. The van der Waals surface area contributed by atoms with Gasteiger partial charge in [-0.2, -0.15) is 4.98 Å². The fraction of sp³-hybridized carbons (Fsp3) is 0.222. The predicted molar refractivity (Wildman–Crippen MR) is 91.8 cm³/mol. The van der Waals surface area contributed by atoms with Crippen LogP contribution in [0.25, 0.3) is 11.5 Å². The van der Waals surface area contributed by atoms with Crippen LogP contribution >= 0.6 is 11.6 Å². The second-order valence-corrected chi connectivity index (χ2v) is 6.40. The van der Waals surface area contributed by atoms with Gasteiger partial charge in [0.05, 0.1) is 11.6 Å². The first kappa shape index (κ1) is 15.8. The summed E-state index contributed by atoms with van der Waals surface area (Å²) in [7, 11) is 0. The third-order valence-corrected chi connectivity index (χ3v) is 4.45. The topological polar surface area (TPSA) is 78.0 Å². The summed E-state index contributed by atoms with van der Waals surface area (Å²) >= 11 is 6.05. The fourth-order valence-corrected chi connectivity index (χ4v) is 2.84. The average molecular weight is 356 g/mol. The highest BCUT2D eigenvalue weighted by atomic mass is 35.5. The first-order chi connectivity index (χ1) is 12.1. The molecule has 0 bridgehead atoms. The molecule has 0 saturated heterocycles. The van der Waals surface area contributed by atoms with Gasteiger partial charge < -0.3 is 9.09 Å². The van der Waals surface area contributed by atoms with E-state index in [9.17, 15) is 9.59 Å². The van der Waals surface area contributed by atoms with Crippen molar-refractivity contribution >= 4 is 17.4 Å². The number of ketones is 1. The number of pyridine rings is 1. The first-order valence-corrected chi connectivity index (χ1v) is 8.32. The van der Waals surface area contributed by atoms with E-state index in [2.05, 4.69) is 10.1 Å². The predicted octanol–water partition coefficient (Wildman–Crippen LogP) is 3.31. The Morgan fingerprint density at radius 3 is 2.80 bits per heavy atom. The van der Waals surface area contributed by atoms with E-state index in [1.54, 1.807) is 42.6 Å². The molecule has 2 heterocycles. The summed E-state index contributed by atoms with van der Waals surface area (Å²) in [4.78, 5) is 29.4. The first-order valence-electron chi connectivity index (χ1n) is 7.94. The lowest BCUT2D eigenvalue weighted by Crippen LogP contribution is -2.25. The lowest BCUT2D eigenvalue weighted by Gasteiger charge is -2.07. The molecular weight excluding hydrogens is 342 g/mol. The van der Waals surface area contributed by atoms with Crippen molar-refractivity contribution in [1.82, 2.24) is 14.7 Å². The van der Waals surface area contributed by atoms with E-state index in [-0.39, 0.29) is 29.3 Å². The molecule has 7 heteroatoms. The van der Waals surface area contributed by atoms with Crippen LogP contribution < -0.4 is 5.56 Å². The molecule has 0 amide bonds. The Morgan fingerprint density at radius 1 is 1.24 bits per heavy atom. The minimum absolute atomic E-state index is 0.111. The van der Waals surface area contributed by atoms with Crippen molar-refractivity contribution in [1.29, 1.82) is 0 Å². The van der Waals surface area contributed by atoms with Gasteiger partial charge in [0.1, 0.15) is 5.56 Å². The zero-order valence-electron chi connectivity index (χ0n) is 13.2. The van der Waals surface area contributed by atoms with Gasteiger partial charge in [-0.05, 0) is 37.1 Å². The number of rotatable bonds is 5. The molecule has 0 unspecified atom stereocenters. The monoisotopic (exact) mass is 355 g/mol. The van der Waals surface area contributed by atoms with Gasteiger partial charge in [-0.25, -0.2) is 0 Å². The molecule has 0 N–H and O–H groups in total. The van der Waals surface area contributed by atoms with E-state index in [1.807, 2.05) is 0 Å². The van der Waals surface area contributed by atoms with Crippen molar-refractivity contribution in [3.05, 3.63) is 69.4 Å². The van der Waals surface area contributed by atoms with Crippen LogP contribution in [0.3, 0.4) is 0 Å². The molecule has 4 rings (SSSR count). The van der Waals surface area contributed by atoms with E-state index in [1.165, 1.54) is 4.57 Å². The lowest BCUT2D eigenvalue weighted by atomic mass is 10.1. The maximum atomic E-state index is 12.7. The second kappa shape index (κ2) is 6.29. The molecule has 1 fully saturated rings. The summed E-state index contributed by atoms with van der Waals surface area (Å²) in [5.74, 6) is 0.919. The lowest BCUT2D eigenvalue weighted by molar-refractivity contribution is 0.0971. The van der Waals surface area contributed by atoms with E-state index >= 15 is 0 Å². The Labute approximate surface area is 148 Å². The highest BCUT2D eigenvalue weighted by Crippen LogP contribution is 2.38. The van der Waals surface area contributed by atoms with Crippen LogP contribution in [0, 0.1) is 0 Å². The Hall–Kier alpha value is -2.73. The number of Topliss-reactive ketones (excluding diaryl/α,β-unsaturated/α-hetero) is 1. The molecule has 0 atom stereocenters. The molecule has 0 aliphatic heterocycles. The van der Waals surface area contributed by atoms with Crippen LogP contribution in [0.2, 0.25) is 5.02 Å². The number of benzene rings is 1. The Kier molecular flexibility index (Phi) is 3.97. The van der Waals surface area contributed by atoms with Crippen LogP contribution in [-0.2, 0) is 6.54 Å². The summed E-state index contributed by atoms with van der Waals surface area (Å²) in [5.41, 5.74) is 0.318. The second-order valence-electron chi connectivity index (χ2n) is 5.99. The molecule has 0 spiro atoms. The van der Waals surface area contributed by atoms with Crippen molar-refractivity contribution in [2.24, 2.45) is 0 Å².